The maximum absolute atomic E-state index is 13.8. The Labute approximate surface area is 108 Å². The van der Waals surface area contributed by atoms with Gasteiger partial charge in [-0.1, -0.05) is 6.07 Å². The highest BCUT2D eigenvalue weighted by Crippen LogP contribution is 2.23. The van der Waals surface area contributed by atoms with Crippen molar-refractivity contribution in [3.63, 3.8) is 0 Å². The van der Waals surface area contributed by atoms with Crippen molar-refractivity contribution in [3.05, 3.63) is 29.6 Å². The lowest BCUT2D eigenvalue weighted by Crippen LogP contribution is -2.55. The van der Waals surface area contributed by atoms with E-state index < -0.39 is 0 Å². The second kappa shape index (κ2) is 5.24. The van der Waals surface area contributed by atoms with Crippen molar-refractivity contribution in [3.8, 4) is 0 Å². The molecule has 0 aliphatic carbocycles. The van der Waals surface area contributed by atoms with E-state index in [2.05, 4.69) is 30.7 Å². The van der Waals surface area contributed by atoms with Gasteiger partial charge in [0.1, 0.15) is 5.82 Å². The van der Waals surface area contributed by atoms with Gasteiger partial charge in [0.25, 0.3) is 0 Å². The molecule has 2 N–H and O–H groups in total. The maximum Gasteiger partial charge on any atom is 0.129 e. The van der Waals surface area contributed by atoms with E-state index in [1.165, 1.54) is 0 Å². The van der Waals surface area contributed by atoms with Crippen LogP contribution in [0, 0.1) is 5.82 Å². The first-order valence-electron chi connectivity index (χ1n) is 6.48. The molecule has 2 rings (SSSR count). The normalized spacial score (nSPS) is 25.5. The third-order valence-corrected chi connectivity index (χ3v) is 3.98. The molecule has 1 aliphatic heterocycles. The Bertz CT molecular complexity index is 410. The second-order valence-corrected chi connectivity index (χ2v) is 5.25. The highest BCUT2D eigenvalue weighted by atomic mass is 19.1. The number of piperazine rings is 1. The average molecular weight is 251 g/mol. The number of rotatable bonds is 2. The van der Waals surface area contributed by atoms with E-state index in [9.17, 15) is 4.39 Å². The van der Waals surface area contributed by atoms with Crippen LogP contribution in [0.4, 0.5) is 10.1 Å². The van der Waals surface area contributed by atoms with Gasteiger partial charge < -0.3 is 10.6 Å². The van der Waals surface area contributed by atoms with Crippen LogP contribution in [0.3, 0.4) is 0 Å². The number of hydrogen-bond donors (Lipinski definition) is 1. The monoisotopic (exact) mass is 251 g/mol. The first-order valence-corrected chi connectivity index (χ1v) is 6.48. The zero-order chi connectivity index (χ0) is 13.3. The van der Waals surface area contributed by atoms with E-state index in [4.69, 9.17) is 5.73 Å². The maximum atomic E-state index is 13.8. The predicted molar refractivity (Wildman–Crippen MR) is 73.2 cm³/mol. The van der Waals surface area contributed by atoms with E-state index in [-0.39, 0.29) is 12.4 Å². The molecule has 0 radical (unpaired) electrons. The van der Waals surface area contributed by atoms with Crippen LogP contribution in [-0.4, -0.2) is 37.1 Å². The Morgan fingerprint density at radius 3 is 2.39 bits per heavy atom. The van der Waals surface area contributed by atoms with E-state index >= 15 is 0 Å². The van der Waals surface area contributed by atoms with Crippen molar-refractivity contribution in [2.75, 3.05) is 25.0 Å². The number of benzene rings is 1. The molecular weight excluding hydrogens is 229 g/mol. The zero-order valence-electron chi connectivity index (χ0n) is 11.4. The average Bonchev–Trinajstić information content (AvgIpc) is 2.35. The standard InChI is InChI=1S/C14H22FN3/c1-10-8-18(9-11(2)17(10)3)13-5-4-12(7-16)14(15)6-13/h4-6,10-11H,7-9,16H2,1-3H3. The van der Waals surface area contributed by atoms with Gasteiger partial charge in [0, 0.05) is 43.0 Å². The lowest BCUT2D eigenvalue weighted by Gasteiger charge is -2.43. The Hall–Kier alpha value is -1.13. The molecule has 0 aromatic heterocycles. The van der Waals surface area contributed by atoms with Crippen LogP contribution in [0.2, 0.25) is 0 Å². The summed E-state index contributed by atoms with van der Waals surface area (Å²) in [5.41, 5.74) is 7.01. The zero-order valence-corrected chi connectivity index (χ0v) is 11.4. The van der Waals surface area contributed by atoms with Gasteiger partial charge in [-0.3, -0.25) is 4.90 Å². The lowest BCUT2D eigenvalue weighted by atomic mass is 10.1. The smallest absolute Gasteiger partial charge is 0.129 e. The summed E-state index contributed by atoms with van der Waals surface area (Å²) >= 11 is 0. The molecule has 100 valence electrons. The topological polar surface area (TPSA) is 32.5 Å². The molecule has 1 aromatic carbocycles. The number of hydrogen-bond acceptors (Lipinski definition) is 3. The highest BCUT2D eigenvalue weighted by Gasteiger charge is 2.26. The van der Waals surface area contributed by atoms with Crippen LogP contribution in [0.5, 0.6) is 0 Å². The fourth-order valence-electron chi connectivity index (χ4n) is 2.51. The van der Waals surface area contributed by atoms with Crippen molar-refractivity contribution >= 4 is 5.69 Å². The summed E-state index contributed by atoms with van der Waals surface area (Å²) in [6.45, 7) is 6.52. The van der Waals surface area contributed by atoms with Gasteiger partial charge in [-0.25, -0.2) is 4.39 Å². The predicted octanol–water partition coefficient (Wildman–Crippen LogP) is 1.81. The SMILES string of the molecule is CC1CN(c2ccc(CN)c(F)c2)CC(C)N1C. The summed E-state index contributed by atoms with van der Waals surface area (Å²) in [7, 11) is 2.14. The summed E-state index contributed by atoms with van der Waals surface area (Å²) < 4.78 is 13.8. The van der Waals surface area contributed by atoms with Gasteiger partial charge >= 0.3 is 0 Å². The fraction of sp³-hybridized carbons (Fsp3) is 0.571. The molecule has 2 unspecified atom stereocenters. The van der Waals surface area contributed by atoms with Gasteiger partial charge in [-0.05, 0) is 33.0 Å². The Balaban J connectivity index is 2.19. The van der Waals surface area contributed by atoms with Crippen molar-refractivity contribution in [2.45, 2.75) is 32.5 Å². The number of anilines is 1. The molecule has 1 saturated heterocycles. The van der Waals surface area contributed by atoms with Gasteiger partial charge in [-0.2, -0.15) is 0 Å². The Kier molecular flexibility index (Phi) is 3.88. The molecule has 0 saturated carbocycles. The molecule has 1 heterocycles. The van der Waals surface area contributed by atoms with Gasteiger partial charge in [-0.15, -0.1) is 0 Å². The quantitative estimate of drug-likeness (QED) is 0.870. The van der Waals surface area contributed by atoms with E-state index in [1.54, 1.807) is 12.1 Å². The molecule has 0 spiro atoms. The number of halogens is 1. The first-order chi connectivity index (χ1) is 8.52. The fourth-order valence-corrected chi connectivity index (χ4v) is 2.51. The van der Waals surface area contributed by atoms with Crippen LogP contribution in [0.1, 0.15) is 19.4 Å². The van der Waals surface area contributed by atoms with Crippen molar-refractivity contribution in [2.24, 2.45) is 5.73 Å². The van der Waals surface area contributed by atoms with Gasteiger partial charge in [0.15, 0.2) is 0 Å². The molecule has 1 fully saturated rings. The van der Waals surface area contributed by atoms with Gasteiger partial charge in [0.2, 0.25) is 0 Å². The van der Waals surface area contributed by atoms with Crippen molar-refractivity contribution in [1.82, 2.24) is 4.90 Å². The van der Waals surface area contributed by atoms with E-state index in [0.29, 0.717) is 17.6 Å². The Morgan fingerprint density at radius 2 is 1.89 bits per heavy atom. The number of nitrogens with zero attached hydrogens (tertiary/aromatic N) is 2. The van der Waals surface area contributed by atoms with Crippen molar-refractivity contribution in [1.29, 1.82) is 0 Å². The highest BCUT2D eigenvalue weighted by molar-refractivity contribution is 5.49. The van der Waals surface area contributed by atoms with E-state index in [0.717, 1.165) is 18.8 Å². The number of likely N-dealkylation sites (N-methyl/N-ethyl adjacent to an activating group) is 1. The molecule has 3 nitrogen and oxygen atoms in total. The summed E-state index contributed by atoms with van der Waals surface area (Å²) in [5.74, 6) is -0.200. The minimum Gasteiger partial charge on any atom is -0.368 e. The van der Waals surface area contributed by atoms with Crippen LogP contribution in [0.15, 0.2) is 18.2 Å². The largest absolute Gasteiger partial charge is 0.368 e. The number of nitrogens with two attached hydrogens (primary N) is 1. The molecule has 0 bridgehead atoms. The molecule has 0 amide bonds. The molecule has 2 atom stereocenters. The minimum atomic E-state index is -0.200. The van der Waals surface area contributed by atoms with Gasteiger partial charge in [0.05, 0.1) is 0 Å². The molecule has 18 heavy (non-hydrogen) atoms. The molecule has 1 aliphatic rings. The van der Waals surface area contributed by atoms with Crippen LogP contribution in [-0.2, 0) is 6.54 Å². The second-order valence-electron chi connectivity index (χ2n) is 5.25. The minimum absolute atomic E-state index is 0.200. The van der Waals surface area contributed by atoms with Crippen molar-refractivity contribution < 1.29 is 4.39 Å². The van der Waals surface area contributed by atoms with Crippen LogP contribution < -0.4 is 10.6 Å². The van der Waals surface area contributed by atoms with E-state index in [1.807, 2.05) is 6.07 Å². The first kappa shape index (κ1) is 13.3. The summed E-state index contributed by atoms with van der Waals surface area (Å²) in [6, 6.07) is 6.32. The summed E-state index contributed by atoms with van der Waals surface area (Å²) in [6.07, 6.45) is 0. The third kappa shape index (κ3) is 2.49. The summed E-state index contributed by atoms with van der Waals surface area (Å²) in [4.78, 5) is 4.61. The van der Waals surface area contributed by atoms with Crippen LogP contribution in [0.25, 0.3) is 0 Å². The molecule has 4 heteroatoms. The Morgan fingerprint density at radius 1 is 1.28 bits per heavy atom. The summed E-state index contributed by atoms with van der Waals surface area (Å²) in [5, 5.41) is 0. The lowest BCUT2D eigenvalue weighted by molar-refractivity contribution is 0.170. The molecular formula is C14H22FN3. The molecule has 1 aromatic rings. The van der Waals surface area contributed by atoms with Crippen LogP contribution >= 0.6 is 0 Å². The third-order valence-electron chi connectivity index (χ3n) is 3.98.